The number of benzene rings is 1. The highest BCUT2D eigenvalue weighted by Crippen LogP contribution is 2.13. The molecule has 0 aromatic heterocycles. The Morgan fingerprint density at radius 3 is 1.97 bits per heavy atom. The number of phenols is 1. The van der Waals surface area contributed by atoms with Gasteiger partial charge in [0.2, 0.25) is 17.7 Å². The summed E-state index contributed by atoms with van der Waals surface area (Å²) in [6.07, 6.45) is 3.18. The zero-order chi connectivity index (χ0) is 28.1. The summed E-state index contributed by atoms with van der Waals surface area (Å²) in [6, 6.07) is 2.22. The first-order valence-corrected chi connectivity index (χ1v) is 13.9. The Morgan fingerprint density at radius 2 is 1.46 bits per heavy atom. The first-order chi connectivity index (χ1) is 17.4. The molecule has 0 fully saturated rings. The van der Waals surface area contributed by atoms with Gasteiger partial charge in [0.1, 0.15) is 23.9 Å². The summed E-state index contributed by atoms with van der Waals surface area (Å²) in [6.45, 7) is 7.48. The third kappa shape index (κ3) is 11.4. The number of amides is 3. The Balaban J connectivity index is 3.15. The summed E-state index contributed by atoms with van der Waals surface area (Å²) in [5.41, 5.74) is 6.70. The van der Waals surface area contributed by atoms with Crippen LogP contribution in [0.25, 0.3) is 0 Å². The average molecular weight is 539 g/mol. The number of aliphatic carboxylic acids is 1. The number of carbonyl (C=O) groups excluding carboxylic acids is 3. The number of carbonyl (C=O) groups is 4. The van der Waals surface area contributed by atoms with Crippen LogP contribution >= 0.6 is 11.8 Å². The van der Waals surface area contributed by atoms with Crippen molar-refractivity contribution in [3.8, 4) is 5.75 Å². The van der Waals surface area contributed by atoms with E-state index in [4.69, 9.17) is 5.73 Å². The molecular formula is C26H42N4O6S. The average Bonchev–Trinajstić information content (AvgIpc) is 2.85. The molecule has 37 heavy (non-hydrogen) atoms. The number of thioether (sulfide) groups is 1. The highest BCUT2D eigenvalue weighted by molar-refractivity contribution is 7.98. The summed E-state index contributed by atoms with van der Waals surface area (Å²) in [4.78, 5) is 50.9. The third-order valence-corrected chi connectivity index (χ3v) is 6.78. The van der Waals surface area contributed by atoms with Crippen molar-refractivity contribution in [1.29, 1.82) is 0 Å². The van der Waals surface area contributed by atoms with Crippen molar-refractivity contribution in [3.05, 3.63) is 29.8 Å². The van der Waals surface area contributed by atoms with Crippen LogP contribution in [0.1, 0.15) is 52.5 Å². The third-order valence-electron chi connectivity index (χ3n) is 6.13. The fourth-order valence-electron chi connectivity index (χ4n) is 3.60. The second kappa shape index (κ2) is 16.1. The molecule has 0 saturated heterocycles. The molecule has 0 aliphatic carbocycles. The first-order valence-electron chi connectivity index (χ1n) is 12.6. The van der Waals surface area contributed by atoms with Gasteiger partial charge >= 0.3 is 5.97 Å². The van der Waals surface area contributed by atoms with Gasteiger partial charge in [0, 0.05) is 6.42 Å². The zero-order valence-electron chi connectivity index (χ0n) is 22.3. The minimum atomic E-state index is -1.17. The lowest BCUT2D eigenvalue weighted by Crippen LogP contribution is -2.58. The lowest BCUT2D eigenvalue weighted by molar-refractivity contribution is -0.142. The van der Waals surface area contributed by atoms with Gasteiger partial charge in [-0.25, -0.2) is 4.79 Å². The summed E-state index contributed by atoms with van der Waals surface area (Å²) >= 11 is 1.51. The molecule has 11 heteroatoms. The van der Waals surface area contributed by atoms with Gasteiger partial charge in [-0.05, 0) is 54.4 Å². The molecule has 0 spiro atoms. The Hall–Kier alpha value is -2.79. The molecule has 208 valence electrons. The number of carboxylic acid groups (broad SMARTS) is 1. The van der Waals surface area contributed by atoms with Crippen molar-refractivity contribution in [1.82, 2.24) is 16.0 Å². The van der Waals surface area contributed by atoms with Crippen molar-refractivity contribution in [2.75, 3.05) is 12.0 Å². The Labute approximate surface area is 223 Å². The van der Waals surface area contributed by atoms with Crippen molar-refractivity contribution < 1.29 is 29.4 Å². The topological polar surface area (TPSA) is 171 Å². The van der Waals surface area contributed by atoms with Crippen LogP contribution in [-0.4, -0.2) is 70.1 Å². The van der Waals surface area contributed by atoms with Gasteiger partial charge in [0.25, 0.3) is 0 Å². The molecule has 10 nitrogen and oxygen atoms in total. The summed E-state index contributed by atoms with van der Waals surface area (Å²) in [5, 5.41) is 27.1. The number of nitrogens with two attached hydrogens (primary N) is 1. The van der Waals surface area contributed by atoms with Gasteiger partial charge < -0.3 is 31.9 Å². The van der Waals surface area contributed by atoms with E-state index >= 15 is 0 Å². The minimum Gasteiger partial charge on any atom is -0.508 e. The fourth-order valence-corrected chi connectivity index (χ4v) is 4.07. The van der Waals surface area contributed by atoms with E-state index in [9.17, 15) is 29.4 Å². The molecule has 0 saturated carbocycles. The molecule has 0 aliphatic heterocycles. The Kier molecular flexibility index (Phi) is 14.1. The second-order valence-electron chi connectivity index (χ2n) is 9.71. The number of nitrogens with one attached hydrogen (secondary N) is 3. The van der Waals surface area contributed by atoms with Crippen molar-refractivity contribution >= 4 is 35.5 Å². The van der Waals surface area contributed by atoms with E-state index in [2.05, 4.69) is 16.0 Å². The molecule has 1 aromatic rings. The van der Waals surface area contributed by atoms with E-state index in [0.29, 0.717) is 24.2 Å². The van der Waals surface area contributed by atoms with Crippen molar-refractivity contribution in [3.63, 3.8) is 0 Å². The summed E-state index contributed by atoms with van der Waals surface area (Å²) < 4.78 is 0. The smallest absolute Gasteiger partial charge is 0.326 e. The van der Waals surface area contributed by atoms with E-state index in [1.54, 1.807) is 12.1 Å². The van der Waals surface area contributed by atoms with Gasteiger partial charge in [-0.2, -0.15) is 11.8 Å². The number of rotatable bonds is 16. The monoisotopic (exact) mass is 538 g/mol. The van der Waals surface area contributed by atoms with Crippen molar-refractivity contribution in [2.24, 2.45) is 17.6 Å². The standard InChI is InChI=1S/C26H42N4O6S/c1-6-16(4)22(27)25(34)28-19(11-12-37-5)23(32)29-20(14-17-7-9-18(31)10-8-17)24(33)30-21(26(35)36)13-15(2)3/h7-10,15-16,19-22,31H,6,11-14,27H2,1-5H3,(H,28,34)(H,29,32)(H,30,33)(H,35,36). The van der Waals surface area contributed by atoms with E-state index < -0.39 is 47.9 Å². The van der Waals surface area contributed by atoms with Crippen LogP contribution in [0.15, 0.2) is 24.3 Å². The van der Waals surface area contributed by atoms with Crippen LogP contribution in [-0.2, 0) is 25.6 Å². The zero-order valence-corrected chi connectivity index (χ0v) is 23.1. The molecule has 5 atom stereocenters. The molecule has 3 amide bonds. The van der Waals surface area contributed by atoms with Gasteiger partial charge in [0.15, 0.2) is 0 Å². The highest BCUT2D eigenvalue weighted by atomic mass is 32.2. The summed E-state index contributed by atoms with van der Waals surface area (Å²) in [5.74, 6) is -2.25. The fraction of sp³-hybridized carbons (Fsp3) is 0.615. The molecule has 0 bridgehead atoms. The predicted molar refractivity (Wildman–Crippen MR) is 145 cm³/mol. The van der Waals surface area contributed by atoms with Gasteiger partial charge in [-0.15, -0.1) is 0 Å². The van der Waals surface area contributed by atoms with E-state index in [-0.39, 0.29) is 30.4 Å². The number of hydrogen-bond donors (Lipinski definition) is 6. The van der Waals surface area contributed by atoms with Crippen LogP contribution in [0.2, 0.25) is 0 Å². The van der Waals surface area contributed by atoms with Crippen LogP contribution in [0, 0.1) is 11.8 Å². The van der Waals surface area contributed by atoms with Gasteiger partial charge in [-0.3, -0.25) is 14.4 Å². The molecule has 1 rings (SSSR count). The lowest BCUT2D eigenvalue weighted by atomic mass is 9.98. The second-order valence-corrected chi connectivity index (χ2v) is 10.7. The Morgan fingerprint density at radius 1 is 0.919 bits per heavy atom. The molecule has 1 aromatic carbocycles. The molecule has 0 radical (unpaired) electrons. The number of aromatic hydroxyl groups is 1. The first kappa shape index (κ1) is 32.2. The normalized spacial score (nSPS) is 15.2. The molecule has 0 heterocycles. The molecule has 7 N–H and O–H groups in total. The van der Waals surface area contributed by atoms with Gasteiger partial charge in [-0.1, -0.05) is 46.2 Å². The van der Waals surface area contributed by atoms with Crippen LogP contribution in [0.4, 0.5) is 0 Å². The molecular weight excluding hydrogens is 496 g/mol. The van der Waals surface area contributed by atoms with Crippen LogP contribution in [0.3, 0.4) is 0 Å². The largest absolute Gasteiger partial charge is 0.508 e. The lowest BCUT2D eigenvalue weighted by Gasteiger charge is -2.26. The maximum atomic E-state index is 13.3. The van der Waals surface area contributed by atoms with Gasteiger partial charge in [0.05, 0.1) is 6.04 Å². The predicted octanol–water partition coefficient (Wildman–Crippen LogP) is 1.65. The SMILES string of the molecule is CCC(C)C(N)C(=O)NC(CCSC)C(=O)NC(Cc1ccc(O)cc1)C(=O)NC(CC(C)C)C(=O)O. The van der Waals surface area contributed by atoms with E-state index in [1.807, 2.05) is 34.0 Å². The highest BCUT2D eigenvalue weighted by Gasteiger charge is 2.31. The van der Waals surface area contributed by atoms with Crippen molar-refractivity contribution in [2.45, 2.75) is 77.5 Å². The Bertz CT molecular complexity index is 896. The van der Waals surface area contributed by atoms with E-state index in [1.165, 1.54) is 23.9 Å². The maximum Gasteiger partial charge on any atom is 0.326 e. The maximum absolute atomic E-state index is 13.3. The quantitative estimate of drug-likeness (QED) is 0.184. The van der Waals surface area contributed by atoms with Crippen LogP contribution < -0.4 is 21.7 Å². The molecule has 0 aliphatic rings. The molecule has 5 unspecified atom stereocenters. The van der Waals surface area contributed by atoms with Crippen LogP contribution in [0.5, 0.6) is 5.75 Å². The number of hydrogen-bond acceptors (Lipinski definition) is 7. The van der Waals surface area contributed by atoms with E-state index in [0.717, 1.165) is 0 Å². The number of carboxylic acids is 1. The summed E-state index contributed by atoms with van der Waals surface area (Å²) in [7, 11) is 0. The minimum absolute atomic E-state index is 0.0207. The number of phenolic OH excluding ortho intramolecular Hbond substituents is 1.